The third-order valence-electron chi connectivity index (χ3n) is 2.71. The number of carboxylic acid groups (broad SMARTS) is 1. The largest absolute Gasteiger partial charge is 0.480 e. The second-order valence-corrected chi connectivity index (χ2v) is 4.45. The quantitative estimate of drug-likeness (QED) is 0.610. The highest BCUT2D eigenvalue weighted by atomic mass is 16.5. The van der Waals surface area contributed by atoms with Crippen LogP contribution < -0.4 is 5.73 Å². The van der Waals surface area contributed by atoms with Gasteiger partial charge in [0, 0.05) is 12.0 Å². The molecule has 0 saturated carbocycles. The first kappa shape index (κ1) is 15.9. The molecule has 0 heterocycles. The smallest absolute Gasteiger partial charge is 0.334 e. The Labute approximate surface area is 118 Å². The van der Waals surface area contributed by atoms with E-state index in [4.69, 9.17) is 15.6 Å². The van der Waals surface area contributed by atoms with Gasteiger partial charge in [0.2, 0.25) is 0 Å². The topological polar surface area (TPSA) is 89.6 Å². The minimum atomic E-state index is -1.15. The summed E-state index contributed by atoms with van der Waals surface area (Å²) in [5, 5.41) is 8.84. The number of carbonyl (C=O) groups is 2. The number of hydrogen-bond donors (Lipinski definition) is 2. The summed E-state index contributed by atoms with van der Waals surface area (Å²) >= 11 is 0. The standard InChI is InChI=1S/C15H19NO4/c1-3-20-15(19)12(9-13(16)14(17)18)8-11-6-4-10(2)5-7-11/h4-8,13H,3,9,16H2,1-2H3,(H,17,18)/b12-8+/t13-/m1/s1. The molecule has 1 atom stereocenters. The van der Waals surface area contributed by atoms with Gasteiger partial charge in [-0.1, -0.05) is 29.8 Å². The molecule has 0 amide bonds. The van der Waals surface area contributed by atoms with Crippen LogP contribution in [0.5, 0.6) is 0 Å². The molecule has 0 spiro atoms. The zero-order valence-electron chi connectivity index (χ0n) is 11.6. The zero-order chi connectivity index (χ0) is 15.1. The molecule has 0 saturated heterocycles. The van der Waals surface area contributed by atoms with Crippen LogP contribution in [0.3, 0.4) is 0 Å². The maximum absolute atomic E-state index is 11.8. The van der Waals surface area contributed by atoms with E-state index in [1.54, 1.807) is 13.0 Å². The van der Waals surface area contributed by atoms with E-state index in [0.717, 1.165) is 11.1 Å². The van der Waals surface area contributed by atoms with Crippen molar-refractivity contribution < 1.29 is 19.4 Å². The number of benzene rings is 1. The van der Waals surface area contributed by atoms with E-state index in [2.05, 4.69) is 0 Å². The minimum Gasteiger partial charge on any atom is -0.480 e. The summed E-state index contributed by atoms with van der Waals surface area (Å²) in [7, 11) is 0. The number of hydrogen-bond acceptors (Lipinski definition) is 4. The van der Waals surface area contributed by atoms with Gasteiger partial charge in [-0.2, -0.15) is 0 Å². The lowest BCUT2D eigenvalue weighted by atomic mass is 10.0. The second-order valence-electron chi connectivity index (χ2n) is 4.45. The molecule has 1 rings (SSSR count). The Morgan fingerprint density at radius 2 is 1.95 bits per heavy atom. The van der Waals surface area contributed by atoms with E-state index in [9.17, 15) is 9.59 Å². The third kappa shape index (κ3) is 4.85. The van der Waals surface area contributed by atoms with E-state index in [1.165, 1.54) is 0 Å². The van der Waals surface area contributed by atoms with Gasteiger partial charge in [-0.15, -0.1) is 0 Å². The zero-order valence-corrected chi connectivity index (χ0v) is 11.6. The summed E-state index contributed by atoms with van der Waals surface area (Å²) in [6, 6.07) is 6.38. The van der Waals surface area contributed by atoms with Crippen molar-refractivity contribution in [1.29, 1.82) is 0 Å². The Morgan fingerprint density at radius 3 is 2.45 bits per heavy atom. The molecule has 0 unspecified atom stereocenters. The fourth-order valence-electron chi connectivity index (χ4n) is 1.61. The summed E-state index contributed by atoms with van der Waals surface area (Å²) < 4.78 is 4.92. The van der Waals surface area contributed by atoms with Gasteiger partial charge < -0.3 is 15.6 Å². The van der Waals surface area contributed by atoms with Crippen LogP contribution in [-0.2, 0) is 14.3 Å². The Hall–Kier alpha value is -2.14. The first-order valence-corrected chi connectivity index (χ1v) is 6.36. The highest BCUT2D eigenvalue weighted by molar-refractivity contribution is 5.94. The van der Waals surface area contributed by atoms with Crippen LogP contribution in [0.1, 0.15) is 24.5 Å². The molecule has 20 heavy (non-hydrogen) atoms. The highest BCUT2D eigenvalue weighted by Crippen LogP contribution is 2.14. The normalized spacial score (nSPS) is 12.8. The van der Waals surface area contributed by atoms with Crippen LogP contribution in [0.25, 0.3) is 6.08 Å². The van der Waals surface area contributed by atoms with Crippen LogP contribution in [0.4, 0.5) is 0 Å². The van der Waals surface area contributed by atoms with Gasteiger partial charge >= 0.3 is 11.9 Å². The molecule has 0 aromatic heterocycles. The van der Waals surface area contributed by atoms with Crippen molar-refractivity contribution in [3.8, 4) is 0 Å². The monoisotopic (exact) mass is 277 g/mol. The van der Waals surface area contributed by atoms with Gasteiger partial charge in [0.05, 0.1) is 6.61 Å². The Bertz CT molecular complexity index is 505. The van der Waals surface area contributed by atoms with Crippen molar-refractivity contribution in [3.05, 3.63) is 41.0 Å². The van der Waals surface area contributed by atoms with Crippen molar-refractivity contribution >= 4 is 18.0 Å². The van der Waals surface area contributed by atoms with Gasteiger partial charge in [-0.3, -0.25) is 4.79 Å². The number of esters is 1. The number of aliphatic carboxylic acids is 1. The van der Waals surface area contributed by atoms with Crippen molar-refractivity contribution in [2.24, 2.45) is 5.73 Å². The lowest BCUT2D eigenvalue weighted by Gasteiger charge is -2.10. The molecular formula is C15H19NO4. The van der Waals surface area contributed by atoms with Crippen LogP contribution in [0.15, 0.2) is 29.8 Å². The molecule has 0 radical (unpaired) electrons. The number of carboxylic acids is 1. The SMILES string of the molecule is CCOC(=O)/C(=C/c1ccc(C)cc1)C[C@@H](N)C(=O)O. The number of aryl methyl sites for hydroxylation is 1. The molecule has 0 fully saturated rings. The average molecular weight is 277 g/mol. The number of nitrogens with two attached hydrogens (primary N) is 1. The molecule has 0 aliphatic heterocycles. The first-order valence-electron chi connectivity index (χ1n) is 6.36. The average Bonchev–Trinajstić information content (AvgIpc) is 2.40. The van der Waals surface area contributed by atoms with Crippen LogP contribution in [0.2, 0.25) is 0 Å². The minimum absolute atomic E-state index is 0.0674. The van der Waals surface area contributed by atoms with Crippen molar-refractivity contribution in [3.63, 3.8) is 0 Å². The Balaban J connectivity index is 2.99. The predicted molar refractivity (Wildman–Crippen MR) is 76.0 cm³/mol. The van der Waals surface area contributed by atoms with Crippen molar-refractivity contribution in [1.82, 2.24) is 0 Å². The lowest BCUT2D eigenvalue weighted by Crippen LogP contribution is -2.31. The summed E-state index contributed by atoms with van der Waals surface area (Å²) in [5.41, 5.74) is 7.64. The Morgan fingerprint density at radius 1 is 1.35 bits per heavy atom. The summed E-state index contributed by atoms with van der Waals surface area (Å²) in [5.74, 6) is -1.69. The van der Waals surface area contributed by atoms with Crippen molar-refractivity contribution in [2.45, 2.75) is 26.3 Å². The van der Waals surface area contributed by atoms with Gasteiger partial charge in [-0.05, 0) is 25.5 Å². The van der Waals surface area contributed by atoms with E-state index < -0.39 is 18.0 Å². The summed E-state index contributed by atoms with van der Waals surface area (Å²) in [6.07, 6.45) is 1.54. The van der Waals surface area contributed by atoms with Gasteiger partial charge in [0.1, 0.15) is 6.04 Å². The third-order valence-corrected chi connectivity index (χ3v) is 2.71. The molecule has 0 bridgehead atoms. The molecule has 5 nitrogen and oxygen atoms in total. The molecule has 0 aliphatic rings. The first-order chi connectivity index (χ1) is 9.43. The maximum atomic E-state index is 11.8. The van der Waals surface area contributed by atoms with E-state index in [0.29, 0.717) is 0 Å². The predicted octanol–water partition coefficient (Wildman–Crippen LogP) is 1.74. The maximum Gasteiger partial charge on any atom is 0.334 e. The number of rotatable bonds is 6. The number of carbonyl (C=O) groups excluding carboxylic acids is 1. The fourth-order valence-corrected chi connectivity index (χ4v) is 1.61. The summed E-state index contributed by atoms with van der Waals surface area (Å²) in [4.78, 5) is 22.6. The Kier molecular flexibility index (Phi) is 5.93. The van der Waals surface area contributed by atoms with E-state index in [-0.39, 0.29) is 18.6 Å². The molecule has 1 aromatic carbocycles. The van der Waals surface area contributed by atoms with Crippen LogP contribution in [-0.4, -0.2) is 29.7 Å². The van der Waals surface area contributed by atoms with Crippen LogP contribution in [0, 0.1) is 6.92 Å². The van der Waals surface area contributed by atoms with Gasteiger partial charge in [-0.25, -0.2) is 4.79 Å². The second kappa shape index (κ2) is 7.45. The molecular weight excluding hydrogens is 258 g/mol. The van der Waals surface area contributed by atoms with E-state index >= 15 is 0 Å². The van der Waals surface area contributed by atoms with Gasteiger partial charge in [0.15, 0.2) is 0 Å². The summed E-state index contributed by atoms with van der Waals surface area (Å²) in [6.45, 7) is 3.88. The number of ether oxygens (including phenoxy) is 1. The molecule has 0 aliphatic carbocycles. The molecule has 5 heteroatoms. The highest BCUT2D eigenvalue weighted by Gasteiger charge is 2.19. The van der Waals surface area contributed by atoms with E-state index in [1.807, 2.05) is 31.2 Å². The fraction of sp³-hybridized carbons (Fsp3) is 0.333. The lowest BCUT2D eigenvalue weighted by molar-refractivity contribution is -0.139. The molecule has 108 valence electrons. The van der Waals surface area contributed by atoms with Gasteiger partial charge in [0.25, 0.3) is 0 Å². The molecule has 1 aromatic rings. The molecule has 3 N–H and O–H groups in total. The van der Waals surface area contributed by atoms with Crippen LogP contribution >= 0.6 is 0 Å². The van der Waals surface area contributed by atoms with Crippen molar-refractivity contribution in [2.75, 3.05) is 6.61 Å².